The number of nitrogens with one attached hydrogen (secondary N) is 2. The van der Waals surface area contributed by atoms with Crippen molar-refractivity contribution in [3.63, 3.8) is 0 Å². The van der Waals surface area contributed by atoms with E-state index < -0.39 is 6.36 Å². The van der Waals surface area contributed by atoms with Crippen molar-refractivity contribution in [1.29, 1.82) is 0 Å². The Bertz CT molecular complexity index is 884. The van der Waals surface area contributed by atoms with Crippen LogP contribution >= 0.6 is 12.4 Å². The molecule has 2 unspecified atom stereocenters. The van der Waals surface area contributed by atoms with E-state index in [1.807, 2.05) is 12.1 Å². The van der Waals surface area contributed by atoms with Gasteiger partial charge in [0.25, 0.3) is 0 Å². The van der Waals surface area contributed by atoms with E-state index in [0.29, 0.717) is 6.54 Å². The van der Waals surface area contributed by atoms with E-state index in [2.05, 4.69) is 48.3 Å². The highest BCUT2D eigenvalue weighted by molar-refractivity contribution is 5.85. The van der Waals surface area contributed by atoms with E-state index in [4.69, 9.17) is 4.74 Å². The third kappa shape index (κ3) is 7.02. The molecule has 0 aromatic heterocycles. The molecule has 2 N–H and O–H groups in total. The van der Waals surface area contributed by atoms with Crippen LogP contribution in [-0.2, 0) is 12.0 Å². The molecule has 2 aromatic rings. The summed E-state index contributed by atoms with van der Waals surface area (Å²) in [4.78, 5) is 0. The van der Waals surface area contributed by atoms with Crippen LogP contribution < -0.4 is 20.1 Å². The van der Waals surface area contributed by atoms with Gasteiger partial charge >= 0.3 is 6.36 Å². The summed E-state index contributed by atoms with van der Waals surface area (Å²) < 4.78 is 47.5. The van der Waals surface area contributed by atoms with E-state index in [1.165, 1.54) is 17.7 Å². The lowest BCUT2D eigenvalue weighted by Crippen LogP contribution is -2.45. The highest BCUT2D eigenvalue weighted by Gasteiger charge is 2.32. The summed E-state index contributed by atoms with van der Waals surface area (Å²) in [7, 11) is 1.66. The number of halogens is 4. The van der Waals surface area contributed by atoms with Crippen LogP contribution in [0.4, 0.5) is 13.2 Å². The largest absolute Gasteiger partial charge is 0.573 e. The van der Waals surface area contributed by atoms with Crippen LogP contribution in [0.3, 0.4) is 0 Å². The second kappa shape index (κ2) is 10.8. The number of hydrogen-bond acceptors (Lipinski definition) is 4. The van der Waals surface area contributed by atoms with Crippen LogP contribution in [0.15, 0.2) is 42.5 Å². The molecular formula is C24H32ClF3N2O2. The summed E-state index contributed by atoms with van der Waals surface area (Å²) >= 11 is 0. The zero-order valence-corrected chi connectivity index (χ0v) is 19.7. The predicted molar refractivity (Wildman–Crippen MR) is 123 cm³/mol. The van der Waals surface area contributed by atoms with E-state index in [0.717, 1.165) is 36.3 Å². The number of methoxy groups -OCH3 is 1. The zero-order chi connectivity index (χ0) is 22.6. The Morgan fingerprint density at radius 3 is 2.50 bits per heavy atom. The Balaban J connectivity index is 0.00000363. The van der Waals surface area contributed by atoms with Gasteiger partial charge in [0.1, 0.15) is 11.5 Å². The van der Waals surface area contributed by atoms with Crippen LogP contribution in [0.25, 0.3) is 0 Å². The summed E-state index contributed by atoms with van der Waals surface area (Å²) in [5, 5.41) is 7.05. The van der Waals surface area contributed by atoms with Crippen LogP contribution in [-0.4, -0.2) is 26.1 Å². The highest BCUT2D eigenvalue weighted by Crippen LogP contribution is 2.31. The maximum atomic E-state index is 12.6. The van der Waals surface area contributed by atoms with Gasteiger partial charge in [0.2, 0.25) is 0 Å². The Morgan fingerprint density at radius 2 is 1.84 bits per heavy atom. The molecule has 0 spiro atoms. The molecule has 32 heavy (non-hydrogen) atoms. The molecular weight excluding hydrogens is 441 g/mol. The first-order chi connectivity index (χ1) is 14.6. The SMILES string of the molecule is COc1ccc(C(C)(C)C)cc1CNC1CCCNC1c1cccc(OC(F)(F)F)c1.Cl. The third-order valence-electron chi connectivity index (χ3n) is 5.61. The summed E-state index contributed by atoms with van der Waals surface area (Å²) in [6.45, 7) is 7.93. The standard InChI is InChI=1S/C24H31F3N2O2.ClH/c1-23(2,3)18-10-11-21(30-4)17(13-18)15-29-20-9-6-12-28-22(20)16-7-5-8-19(14-16)31-24(25,26)27;/h5,7-8,10-11,13-14,20,22,28-29H,6,9,12,15H2,1-4H3;1H. The third-order valence-corrected chi connectivity index (χ3v) is 5.61. The van der Waals surface area contributed by atoms with E-state index >= 15 is 0 Å². The maximum Gasteiger partial charge on any atom is 0.573 e. The van der Waals surface area contributed by atoms with Gasteiger partial charge in [-0.2, -0.15) is 0 Å². The molecule has 0 saturated carbocycles. The van der Waals surface area contributed by atoms with E-state index in [1.54, 1.807) is 13.2 Å². The molecule has 2 atom stereocenters. The van der Waals surface area contributed by atoms with Crippen molar-refractivity contribution >= 4 is 12.4 Å². The minimum Gasteiger partial charge on any atom is -0.496 e. The average Bonchev–Trinajstić information content (AvgIpc) is 2.70. The Kier molecular flexibility index (Phi) is 8.85. The minimum atomic E-state index is -4.70. The first-order valence-corrected chi connectivity index (χ1v) is 10.6. The smallest absolute Gasteiger partial charge is 0.496 e. The quantitative estimate of drug-likeness (QED) is 0.549. The van der Waals surface area contributed by atoms with Gasteiger partial charge in [0, 0.05) is 24.2 Å². The Hall–Kier alpha value is -1.96. The molecule has 0 aliphatic carbocycles. The van der Waals surface area contributed by atoms with Gasteiger partial charge in [0.15, 0.2) is 0 Å². The van der Waals surface area contributed by atoms with Gasteiger partial charge < -0.3 is 20.1 Å². The van der Waals surface area contributed by atoms with Crippen LogP contribution in [0.1, 0.15) is 56.3 Å². The minimum absolute atomic E-state index is 0. The molecule has 2 aromatic carbocycles. The Morgan fingerprint density at radius 1 is 1.09 bits per heavy atom. The molecule has 178 valence electrons. The number of benzene rings is 2. The van der Waals surface area contributed by atoms with Gasteiger partial charge in [0.05, 0.1) is 7.11 Å². The number of ether oxygens (including phenoxy) is 2. The van der Waals surface area contributed by atoms with Crippen molar-refractivity contribution in [1.82, 2.24) is 10.6 Å². The Labute approximate surface area is 194 Å². The number of hydrogen-bond donors (Lipinski definition) is 2. The second-order valence-corrected chi connectivity index (χ2v) is 8.96. The lowest BCUT2D eigenvalue weighted by Gasteiger charge is -2.34. The molecule has 0 bridgehead atoms. The first kappa shape index (κ1) is 26.3. The van der Waals surface area contributed by atoms with Crippen LogP contribution in [0.2, 0.25) is 0 Å². The second-order valence-electron chi connectivity index (χ2n) is 8.96. The van der Waals surface area contributed by atoms with Gasteiger partial charge in [-0.1, -0.05) is 45.0 Å². The van der Waals surface area contributed by atoms with Gasteiger partial charge in [-0.05, 0) is 54.1 Å². The van der Waals surface area contributed by atoms with Gasteiger partial charge in [-0.15, -0.1) is 25.6 Å². The predicted octanol–water partition coefficient (Wildman–Crippen LogP) is 5.90. The summed E-state index contributed by atoms with van der Waals surface area (Å²) in [6, 6.07) is 12.4. The van der Waals surface area contributed by atoms with E-state index in [-0.39, 0.29) is 35.7 Å². The zero-order valence-electron chi connectivity index (χ0n) is 18.9. The van der Waals surface area contributed by atoms with E-state index in [9.17, 15) is 13.2 Å². The summed E-state index contributed by atoms with van der Waals surface area (Å²) in [6.07, 6.45) is -2.79. The molecule has 3 rings (SSSR count). The lowest BCUT2D eigenvalue weighted by atomic mass is 9.86. The van der Waals surface area contributed by atoms with Crippen molar-refractivity contribution in [2.45, 2.75) is 64.0 Å². The van der Waals surface area contributed by atoms with Gasteiger partial charge in [-0.25, -0.2) is 0 Å². The van der Waals surface area contributed by atoms with Crippen LogP contribution in [0, 0.1) is 0 Å². The van der Waals surface area contributed by atoms with Crippen molar-refractivity contribution in [2.75, 3.05) is 13.7 Å². The molecule has 1 heterocycles. The van der Waals surface area contributed by atoms with Crippen molar-refractivity contribution in [3.8, 4) is 11.5 Å². The molecule has 8 heteroatoms. The monoisotopic (exact) mass is 472 g/mol. The normalized spacial score (nSPS) is 19.2. The highest BCUT2D eigenvalue weighted by atomic mass is 35.5. The fraction of sp³-hybridized carbons (Fsp3) is 0.500. The molecule has 4 nitrogen and oxygen atoms in total. The molecule has 1 aliphatic rings. The first-order valence-electron chi connectivity index (χ1n) is 10.6. The van der Waals surface area contributed by atoms with Crippen molar-refractivity contribution in [2.24, 2.45) is 0 Å². The molecule has 0 radical (unpaired) electrons. The maximum absolute atomic E-state index is 12.6. The topological polar surface area (TPSA) is 42.5 Å². The summed E-state index contributed by atoms with van der Waals surface area (Å²) in [5.74, 6) is 0.622. The summed E-state index contributed by atoms with van der Waals surface area (Å²) in [5.41, 5.74) is 3.08. The molecule has 1 aliphatic heterocycles. The fourth-order valence-corrected chi connectivity index (χ4v) is 3.99. The molecule has 0 amide bonds. The molecule has 1 saturated heterocycles. The molecule has 1 fully saturated rings. The van der Waals surface area contributed by atoms with Gasteiger partial charge in [-0.3, -0.25) is 0 Å². The van der Waals surface area contributed by atoms with Crippen molar-refractivity contribution < 1.29 is 22.6 Å². The average molecular weight is 473 g/mol. The van der Waals surface area contributed by atoms with Crippen molar-refractivity contribution in [3.05, 3.63) is 59.2 Å². The van der Waals surface area contributed by atoms with Crippen LogP contribution in [0.5, 0.6) is 11.5 Å². The number of alkyl halides is 3. The number of rotatable bonds is 6. The number of piperidine rings is 1. The fourth-order valence-electron chi connectivity index (χ4n) is 3.99. The lowest BCUT2D eigenvalue weighted by molar-refractivity contribution is -0.274.